The van der Waals surface area contributed by atoms with E-state index >= 15 is 0 Å². The maximum absolute atomic E-state index is 12.9. The first-order valence-corrected chi connectivity index (χ1v) is 14.3. The summed E-state index contributed by atoms with van der Waals surface area (Å²) in [6, 6.07) is 17.9. The Labute approximate surface area is 200 Å². The molecule has 2 aromatic rings. The van der Waals surface area contributed by atoms with E-state index in [1.165, 1.54) is 0 Å². The van der Waals surface area contributed by atoms with Crippen LogP contribution in [0, 0.1) is 0 Å². The third-order valence-electron chi connectivity index (χ3n) is 4.82. The van der Waals surface area contributed by atoms with Crippen LogP contribution < -0.4 is 0 Å². The van der Waals surface area contributed by atoms with Crippen LogP contribution in [0.5, 0.6) is 0 Å². The molecule has 34 heavy (non-hydrogen) atoms. The zero-order valence-electron chi connectivity index (χ0n) is 19.5. The fraction of sp³-hybridized carbons (Fsp3) is 0.435. The minimum Gasteiger partial charge on any atom is -0.452 e. The molecule has 2 rings (SSSR count). The molecular formula is C23H33NO8P2. The van der Waals surface area contributed by atoms with E-state index in [0.717, 1.165) is 0 Å². The molecule has 0 spiro atoms. The van der Waals surface area contributed by atoms with Crippen LogP contribution in [0.1, 0.15) is 56.8 Å². The molecular weight excluding hydrogens is 480 g/mol. The van der Waals surface area contributed by atoms with Gasteiger partial charge < -0.3 is 14.5 Å². The molecule has 0 aliphatic rings. The summed E-state index contributed by atoms with van der Waals surface area (Å²) in [5.41, 5.74) is 1.35. The number of hydrogen-bond acceptors (Lipinski definition) is 6. The summed E-state index contributed by atoms with van der Waals surface area (Å²) in [5.74, 6) is -0.987. The Kier molecular flexibility index (Phi) is 11.6. The van der Waals surface area contributed by atoms with Gasteiger partial charge in [-0.3, -0.25) is 13.8 Å². The van der Waals surface area contributed by atoms with Crippen molar-refractivity contribution in [1.82, 2.24) is 4.44 Å². The molecule has 0 aliphatic carbocycles. The monoisotopic (exact) mass is 513 g/mol. The number of nitrogens with zero attached hydrogens (tertiary/aromatic N) is 1. The molecule has 0 fully saturated rings. The Balaban J connectivity index is 2.28. The second-order valence-electron chi connectivity index (χ2n) is 7.58. The standard InChI is InChI=1S/C23H33NO8P2/c1-3-5-17-30-33(26,27)24(34(28,29)31-18-6-4-2)19-22(25)32-23(20-13-9-7-10-14-20)21-15-11-8-12-16-21/h7-16,23H,3-6,17-19H2,1-2H3,(H,26,27)(H,28,29). The van der Waals surface area contributed by atoms with Crippen LogP contribution in [-0.2, 0) is 27.7 Å². The summed E-state index contributed by atoms with van der Waals surface area (Å²) in [6.45, 7) is 2.50. The first kappa shape index (κ1) is 28.4. The quantitative estimate of drug-likeness (QED) is 0.182. The highest BCUT2D eigenvalue weighted by Gasteiger charge is 2.46. The summed E-state index contributed by atoms with van der Waals surface area (Å²) >= 11 is 0. The highest BCUT2D eigenvalue weighted by Crippen LogP contribution is 2.63. The number of benzene rings is 2. The van der Waals surface area contributed by atoms with Crippen LogP contribution in [0.4, 0.5) is 0 Å². The Morgan fingerprint density at radius 1 is 0.824 bits per heavy atom. The molecule has 11 heteroatoms. The van der Waals surface area contributed by atoms with Gasteiger partial charge in [0.05, 0.1) is 13.2 Å². The van der Waals surface area contributed by atoms with Crippen molar-refractivity contribution in [1.29, 1.82) is 0 Å². The Hall–Kier alpha value is -1.83. The van der Waals surface area contributed by atoms with E-state index in [4.69, 9.17) is 13.8 Å². The zero-order valence-corrected chi connectivity index (χ0v) is 21.3. The van der Waals surface area contributed by atoms with Crippen molar-refractivity contribution in [3.63, 3.8) is 0 Å². The maximum atomic E-state index is 12.9. The number of hydrogen-bond donors (Lipinski definition) is 2. The van der Waals surface area contributed by atoms with E-state index in [-0.39, 0.29) is 17.7 Å². The minimum atomic E-state index is -4.85. The van der Waals surface area contributed by atoms with Gasteiger partial charge in [0, 0.05) is 0 Å². The molecule has 0 heterocycles. The molecule has 2 N–H and O–H groups in total. The molecule has 0 aromatic heterocycles. The van der Waals surface area contributed by atoms with Crippen molar-refractivity contribution in [2.45, 2.75) is 45.6 Å². The first-order chi connectivity index (χ1) is 16.2. The third kappa shape index (κ3) is 8.75. The van der Waals surface area contributed by atoms with Gasteiger partial charge in [0.1, 0.15) is 6.54 Å². The van der Waals surface area contributed by atoms with Crippen molar-refractivity contribution < 1.29 is 37.5 Å². The third-order valence-corrected chi connectivity index (χ3v) is 8.67. The van der Waals surface area contributed by atoms with E-state index in [1.807, 2.05) is 26.0 Å². The van der Waals surface area contributed by atoms with E-state index in [2.05, 4.69) is 0 Å². The lowest BCUT2D eigenvalue weighted by Gasteiger charge is -2.29. The van der Waals surface area contributed by atoms with Crippen molar-refractivity contribution in [2.75, 3.05) is 19.8 Å². The number of carbonyl (C=O) groups excluding carboxylic acids is 1. The van der Waals surface area contributed by atoms with Gasteiger partial charge >= 0.3 is 21.5 Å². The fourth-order valence-corrected chi connectivity index (χ4v) is 6.02. The molecule has 0 bridgehead atoms. The molecule has 0 radical (unpaired) electrons. The SMILES string of the molecule is CCCCOP(=O)(O)N(CC(=O)OC(c1ccccc1)c1ccccc1)P(=O)(O)OCCCC. The smallest absolute Gasteiger partial charge is 0.415 e. The maximum Gasteiger partial charge on any atom is 0.415 e. The van der Waals surface area contributed by atoms with Crippen LogP contribution in [-0.4, -0.2) is 40.0 Å². The number of rotatable bonds is 15. The Morgan fingerprint density at radius 3 is 1.62 bits per heavy atom. The number of carbonyl (C=O) groups is 1. The zero-order chi connectivity index (χ0) is 25.0. The Bertz CT molecular complexity index is 904. The summed E-state index contributed by atoms with van der Waals surface area (Å²) in [6.07, 6.45) is 1.46. The van der Waals surface area contributed by atoms with Crippen molar-refractivity contribution in [3.05, 3.63) is 71.8 Å². The largest absolute Gasteiger partial charge is 0.452 e. The van der Waals surface area contributed by atoms with Gasteiger partial charge in [0.2, 0.25) is 0 Å². The summed E-state index contributed by atoms with van der Waals surface area (Å²) in [7, 11) is -9.70. The first-order valence-electron chi connectivity index (χ1n) is 11.2. The highest BCUT2D eigenvalue weighted by molar-refractivity contribution is 7.66. The van der Waals surface area contributed by atoms with Crippen molar-refractivity contribution in [3.8, 4) is 0 Å². The van der Waals surface area contributed by atoms with Crippen molar-refractivity contribution in [2.24, 2.45) is 0 Å². The average Bonchev–Trinajstić information content (AvgIpc) is 2.82. The lowest BCUT2D eigenvalue weighted by atomic mass is 10.0. The summed E-state index contributed by atoms with van der Waals surface area (Å²) in [5, 5.41) is 0. The van der Waals surface area contributed by atoms with Gasteiger partial charge in [-0.1, -0.05) is 91.8 Å². The molecule has 0 saturated heterocycles. The van der Waals surface area contributed by atoms with E-state index in [1.54, 1.807) is 48.5 Å². The predicted octanol–water partition coefficient (Wildman–Crippen LogP) is 5.46. The van der Waals surface area contributed by atoms with Crippen molar-refractivity contribution >= 4 is 21.5 Å². The van der Waals surface area contributed by atoms with Gasteiger partial charge in [0.25, 0.3) is 0 Å². The van der Waals surface area contributed by atoms with Gasteiger partial charge in [-0.05, 0) is 24.0 Å². The van der Waals surface area contributed by atoms with Crippen LogP contribution in [0.2, 0.25) is 0 Å². The molecule has 2 aromatic carbocycles. The Morgan fingerprint density at radius 2 is 1.24 bits per heavy atom. The van der Waals surface area contributed by atoms with Crippen LogP contribution in [0.3, 0.4) is 0 Å². The topological polar surface area (TPSA) is 123 Å². The number of ether oxygens (including phenoxy) is 1. The summed E-state index contributed by atoms with van der Waals surface area (Å²) < 4.78 is 41.6. The van der Waals surface area contributed by atoms with E-state index in [0.29, 0.717) is 36.8 Å². The minimum absolute atomic E-state index is 0.124. The normalized spacial score (nSPS) is 15.1. The molecule has 2 unspecified atom stereocenters. The predicted molar refractivity (Wildman–Crippen MR) is 129 cm³/mol. The average molecular weight is 513 g/mol. The molecule has 0 saturated carbocycles. The number of esters is 1. The van der Waals surface area contributed by atoms with E-state index in [9.17, 15) is 23.7 Å². The second kappa shape index (κ2) is 13.9. The lowest BCUT2D eigenvalue weighted by Crippen LogP contribution is -2.29. The van der Waals surface area contributed by atoms with Gasteiger partial charge in [-0.25, -0.2) is 9.13 Å². The lowest BCUT2D eigenvalue weighted by molar-refractivity contribution is -0.147. The molecule has 188 valence electrons. The molecule has 2 atom stereocenters. The van der Waals surface area contributed by atoms with Crippen LogP contribution in [0.25, 0.3) is 0 Å². The van der Waals surface area contributed by atoms with Crippen LogP contribution >= 0.6 is 15.5 Å². The highest BCUT2D eigenvalue weighted by atomic mass is 31.3. The van der Waals surface area contributed by atoms with E-state index < -0.39 is 34.1 Å². The molecule has 9 nitrogen and oxygen atoms in total. The van der Waals surface area contributed by atoms with Gasteiger partial charge in [0.15, 0.2) is 6.10 Å². The second-order valence-corrected chi connectivity index (χ2v) is 11.3. The van der Waals surface area contributed by atoms with Gasteiger partial charge in [-0.15, -0.1) is 0 Å². The van der Waals surface area contributed by atoms with Crippen LogP contribution in [0.15, 0.2) is 60.7 Å². The molecule has 0 amide bonds. The number of unbranched alkanes of at least 4 members (excludes halogenated alkanes) is 2. The molecule has 0 aliphatic heterocycles. The van der Waals surface area contributed by atoms with Gasteiger partial charge in [-0.2, -0.15) is 0 Å². The fourth-order valence-electron chi connectivity index (χ4n) is 2.98. The summed E-state index contributed by atoms with van der Waals surface area (Å²) in [4.78, 5) is 33.8.